The van der Waals surface area contributed by atoms with Gasteiger partial charge in [0.2, 0.25) is 6.79 Å². The summed E-state index contributed by atoms with van der Waals surface area (Å²) in [5.41, 5.74) is 0.742. The van der Waals surface area contributed by atoms with E-state index in [-0.39, 0.29) is 42.1 Å². The fourth-order valence-electron chi connectivity index (χ4n) is 3.68. The molecule has 2 heterocycles. The molecule has 1 saturated heterocycles. The van der Waals surface area contributed by atoms with Gasteiger partial charge in [-0.25, -0.2) is 14.2 Å². The summed E-state index contributed by atoms with van der Waals surface area (Å²) in [6.07, 6.45) is 1.74. The molecule has 0 radical (unpaired) electrons. The van der Waals surface area contributed by atoms with Gasteiger partial charge in [0, 0.05) is 38.6 Å². The standard InChI is InChI=1S/C25H29FN2O8/c1-15-12-19(13-17-4-6-18(26)7-5-17)33-11-9-20(25(31)36-15)28-24(30)22-23(35-14-34-16(2)29)21(32-3)8-10-27-22/h4-8,10,15,19-20H,9,11-14H2,1-3H3,(H,28,30)/t15?,19?,20-/m0/s1. The van der Waals surface area contributed by atoms with Crippen LogP contribution in [0.15, 0.2) is 36.5 Å². The van der Waals surface area contributed by atoms with Crippen LogP contribution in [-0.2, 0) is 30.2 Å². The van der Waals surface area contributed by atoms with Gasteiger partial charge in [0.25, 0.3) is 5.91 Å². The third kappa shape index (κ3) is 7.64. The van der Waals surface area contributed by atoms with E-state index in [9.17, 15) is 18.8 Å². The number of aromatic nitrogens is 1. The van der Waals surface area contributed by atoms with E-state index in [0.29, 0.717) is 12.8 Å². The number of nitrogens with zero attached hydrogens (tertiary/aromatic N) is 1. The van der Waals surface area contributed by atoms with E-state index in [2.05, 4.69) is 10.3 Å². The Morgan fingerprint density at radius 2 is 1.97 bits per heavy atom. The molecule has 0 saturated carbocycles. The molecule has 0 spiro atoms. The van der Waals surface area contributed by atoms with Gasteiger partial charge >= 0.3 is 11.9 Å². The number of esters is 2. The molecule has 1 amide bonds. The summed E-state index contributed by atoms with van der Waals surface area (Å²) in [5.74, 6) is -2.04. The topological polar surface area (TPSA) is 122 Å². The Balaban J connectivity index is 1.69. The van der Waals surface area contributed by atoms with Gasteiger partial charge in [-0.3, -0.25) is 9.59 Å². The molecule has 1 N–H and O–H groups in total. The van der Waals surface area contributed by atoms with Gasteiger partial charge in [-0.15, -0.1) is 0 Å². The molecule has 0 bridgehead atoms. The average molecular weight is 505 g/mol. The van der Waals surface area contributed by atoms with Crippen LogP contribution in [0.5, 0.6) is 11.5 Å². The van der Waals surface area contributed by atoms with Crippen LogP contribution in [0.2, 0.25) is 0 Å². The molecule has 3 rings (SSSR count). The number of amides is 1. The SMILES string of the molecule is COc1ccnc(C(=O)N[C@H]2CCOC(Cc3ccc(F)cc3)CC(C)OC2=O)c1OCOC(C)=O. The number of benzene rings is 1. The Morgan fingerprint density at radius 1 is 1.22 bits per heavy atom. The molecule has 1 fully saturated rings. The lowest BCUT2D eigenvalue weighted by Crippen LogP contribution is -2.43. The van der Waals surface area contributed by atoms with Crippen molar-refractivity contribution in [2.45, 2.75) is 51.4 Å². The summed E-state index contributed by atoms with van der Waals surface area (Å²) >= 11 is 0. The second-order valence-corrected chi connectivity index (χ2v) is 8.21. The lowest BCUT2D eigenvalue weighted by molar-refractivity contribution is -0.151. The normalized spacial score (nSPS) is 20.2. The van der Waals surface area contributed by atoms with E-state index in [4.69, 9.17) is 23.7 Å². The van der Waals surface area contributed by atoms with Crippen molar-refractivity contribution >= 4 is 17.8 Å². The zero-order valence-electron chi connectivity index (χ0n) is 20.3. The smallest absolute Gasteiger partial charge is 0.329 e. The number of cyclic esters (lactones) is 1. The van der Waals surface area contributed by atoms with Crippen LogP contribution >= 0.6 is 0 Å². The summed E-state index contributed by atoms with van der Waals surface area (Å²) in [7, 11) is 1.38. The Bertz CT molecular complexity index is 1060. The van der Waals surface area contributed by atoms with Crippen molar-refractivity contribution < 1.29 is 42.5 Å². The summed E-state index contributed by atoms with van der Waals surface area (Å²) in [6.45, 7) is 2.69. The minimum absolute atomic E-state index is 0.0424. The van der Waals surface area contributed by atoms with Gasteiger partial charge in [0.1, 0.15) is 18.0 Å². The number of ether oxygens (including phenoxy) is 5. The molecule has 11 heteroatoms. The Hall–Kier alpha value is -3.73. The van der Waals surface area contributed by atoms with E-state index in [1.54, 1.807) is 19.1 Å². The minimum atomic E-state index is -1.00. The van der Waals surface area contributed by atoms with Crippen LogP contribution in [0, 0.1) is 5.82 Å². The number of nitrogens with one attached hydrogen (secondary N) is 1. The molecule has 1 aromatic heterocycles. The molecule has 1 aliphatic heterocycles. The molecule has 1 aromatic carbocycles. The molecule has 0 aliphatic carbocycles. The van der Waals surface area contributed by atoms with E-state index in [1.807, 2.05) is 0 Å². The third-order valence-corrected chi connectivity index (χ3v) is 5.41. The van der Waals surface area contributed by atoms with Crippen LogP contribution in [0.3, 0.4) is 0 Å². The Labute approximate surface area is 208 Å². The summed E-state index contributed by atoms with van der Waals surface area (Å²) in [6, 6.07) is 6.62. The number of carbonyl (C=O) groups is 3. The van der Waals surface area contributed by atoms with Gasteiger partial charge in [0.05, 0.1) is 13.2 Å². The van der Waals surface area contributed by atoms with Crippen LogP contribution in [-0.4, -0.2) is 61.6 Å². The predicted octanol–water partition coefficient (Wildman–Crippen LogP) is 2.58. The first-order valence-corrected chi connectivity index (χ1v) is 11.4. The first-order valence-electron chi connectivity index (χ1n) is 11.4. The van der Waals surface area contributed by atoms with Crippen molar-refractivity contribution in [1.82, 2.24) is 10.3 Å². The summed E-state index contributed by atoms with van der Waals surface area (Å²) < 4.78 is 40.1. The summed E-state index contributed by atoms with van der Waals surface area (Å²) in [5, 5.41) is 2.62. The van der Waals surface area contributed by atoms with Crippen molar-refractivity contribution in [2.75, 3.05) is 20.5 Å². The molecular formula is C25H29FN2O8. The maximum Gasteiger partial charge on any atom is 0.329 e. The molecule has 194 valence electrons. The monoisotopic (exact) mass is 504 g/mol. The molecule has 36 heavy (non-hydrogen) atoms. The third-order valence-electron chi connectivity index (χ3n) is 5.41. The summed E-state index contributed by atoms with van der Waals surface area (Å²) in [4.78, 5) is 40.9. The Morgan fingerprint density at radius 3 is 2.67 bits per heavy atom. The van der Waals surface area contributed by atoms with Crippen LogP contribution < -0.4 is 14.8 Å². The number of halogens is 1. The molecule has 3 atom stereocenters. The minimum Gasteiger partial charge on any atom is -0.493 e. The van der Waals surface area contributed by atoms with Crippen LogP contribution in [0.1, 0.15) is 42.7 Å². The van der Waals surface area contributed by atoms with Gasteiger partial charge < -0.3 is 29.0 Å². The second-order valence-electron chi connectivity index (χ2n) is 8.21. The molecule has 2 unspecified atom stereocenters. The zero-order chi connectivity index (χ0) is 26.1. The van der Waals surface area contributed by atoms with Crippen LogP contribution in [0.4, 0.5) is 4.39 Å². The highest BCUT2D eigenvalue weighted by Gasteiger charge is 2.30. The second kappa shape index (κ2) is 12.8. The first-order chi connectivity index (χ1) is 17.3. The van der Waals surface area contributed by atoms with Gasteiger partial charge in [-0.05, 0) is 31.0 Å². The van der Waals surface area contributed by atoms with E-state index >= 15 is 0 Å². The quantitative estimate of drug-likeness (QED) is 0.427. The maximum absolute atomic E-state index is 13.2. The average Bonchev–Trinajstić information content (AvgIpc) is 2.89. The van der Waals surface area contributed by atoms with Gasteiger partial charge in [-0.2, -0.15) is 0 Å². The van der Waals surface area contributed by atoms with Gasteiger partial charge in [-0.1, -0.05) is 12.1 Å². The van der Waals surface area contributed by atoms with Gasteiger partial charge in [0.15, 0.2) is 17.2 Å². The van der Waals surface area contributed by atoms with Crippen molar-refractivity contribution in [3.8, 4) is 11.5 Å². The predicted molar refractivity (Wildman–Crippen MR) is 124 cm³/mol. The fourth-order valence-corrected chi connectivity index (χ4v) is 3.68. The number of rotatable bonds is 8. The maximum atomic E-state index is 13.2. The van der Waals surface area contributed by atoms with E-state index in [1.165, 1.54) is 38.4 Å². The van der Waals surface area contributed by atoms with Crippen molar-refractivity contribution in [2.24, 2.45) is 0 Å². The molecular weight excluding hydrogens is 475 g/mol. The highest BCUT2D eigenvalue weighted by molar-refractivity contribution is 5.98. The van der Waals surface area contributed by atoms with E-state index < -0.39 is 36.8 Å². The lowest BCUT2D eigenvalue weighted by Gasteiger charge is -2.20. The number of methoxy groups -OCH3 is 1. The van der Waals surface area contributed by atoms with Crippen molar-refractivity contribution in [3.05, 3.63) is 53.6 Å². The van der Waals surface area contributed by atoms with Crippen molar-refractivity contribution in [1.29, 1.82) is 0 Å². The molecule has 2 aromatic rings. The lowest BCUT2D eigenvalue weighted by atomic mass is 10.0. The number of carbonyl (C=O) groups excluding carboxylic acids is 3. The number of hydrogen-bond acceptors (Lipinski definition) is 9. The highest BCUT2D eigenvalue weighted by atomic mass is 19.1. The van der Waals surface area contributed by atoms with E-state index in [0.717, 1.165) is 5.56 Å². The largest absolute Gasteiger partial charge is 0.493 e. The highest BCUT2D eigenvalue weighted by Crippen LogP contribution is 2.29. The number of pyridine rings is 1. The zero-order valence-corrected chi connectivity index (χ0v) is 20.3. The van der Waals surface area contributed by atoms with Crippen LogP contribution in [0.25, 0.3) is 0 Å². The number of hydrogen-bond donors (Lipinski definition) is 1. The molecule has 10 nitrogen and oxygen atoms in total. The van der Waals surface area contributed by atoms with Crippen molar-refractivity contribution in [3.63, 3.8) is 0 Å². The fraction of sp³-hybridized carbons (Fsp3) is 0.440. The first kappa shape index (κ1) is 26.9. The molecule has 1 aliphatic rings. The Kier molecular flexibility index (Phi) is 9.57.